The molecule has 0 aliphatic heterocycles. The fourth-order valence-electron chi connectivity index (χ4n) is 1.80. The second-order valence-corrected chi connectivity index (χ2v) is 6.71. The molecule has 10 heteroatoms. The van der Waals surface area contributed by atoms with Gasteiger partial charge in [0, 0.05) is 28.7 Å². The van der Waals surface area contributed by atoms with E-state index in [4.69, 9.17) is 5.11 Å². The standard InChI is InChI=1S/C14H16F2N2O5S/c1-7(2)24-11-4-3-8(18(22)23)5-9(11)13(19)17-10(14(20)21)6-12(15)16/h3-5,7,10,12H,6H2,1-2H3,(H,17,19)(H,20,21). The molecule has 1 aromatic carbocycles. The molecule has 24 heavy (non-hydrogen) atoms. The molecule has 2 N–H and O–H groups in total. The van der Waals surface area contributed by atoms with Gasteiger partial charge in [-0.15, -0.1) is 11.8 Å². The van der Waals surface area contributed by atoms with Crippen LogP contribution in [0.4, 0.5) is 14.5 Å². The molecule has 1 amide bonds. The average molecular weight is 362 g/mol. The molecular weight excluding hydrogens is 346 g/mol. The monoisotopic (exact) mass is 362 g/mol. The van der Waals surface area contributed by atoms with E-state index in [9.17, 15) is 28.5 Å². The number of nitro groups is 1. The fraction of sp³-hybridized carbons (Fsp3) is 0.429. The number of non-ortho nitro benzene ring substituents is 1. The quantitative estimate of drug-likeness (QED) is 0.418. The van der Waals surface area contributed by atoms with Crippen LogP contribution in [0.3, 0.4) is 0 Å². The van der Waals surface area contributed by atoms with Crippen LogP contribution in [0.1, 0.15) is 30.6 Å². The highest BCUT2D eigenvalue weighted by Crippen LogP contribution is 2.29. The molecular formula is C14H16F2N2O5S. The highest BCUT2D eigenvalue weighted by molar-refractivity contribution is 8.00. The number of carbonyl (C=O) groups is 2. The van der Waals surface area contributed by atoms with Crippen molar-refractivity contribution >= 4 is 29.3 Å². The summed E-state index contributed by atoms with van der Waals surface area (Å²) in [6, 6.07) is 1.81. The van der Waals surface area contributed by atoms with Crippen LogP contribution in [0, 0.1) is 10.1 Å². The van der Waals surface area contributed by atoms with Gasteiger partial charge in [0.2, 0.25) is 6.43 Å². The molecule has 0 aromatic heterocycles. The predicted octanol–water partition coefficient (Wildman–Crippen LogP) is 2.93. The van der Waals surface area contributed by atoms with Gasteiger partial charge in [-0.1, -0.05) is 13.8 Å². The summed E-state index contributed by atoms with van der Waals surface area (Å²) in [7, 11) is 0. The number of nitrogens with one attached hydrogen (secondary N) is 1. The van der Waals surface area contributed by atoms with Gasteiger partial charge in [-0.25, -0.2) is 13.6 Å². The van der Waals surface area contributed by atoms with Gasteiger partial charge in [0.05, 0.1) is 10.5 Å². The Bertz CT molecular complexity index is 640. The zero-order valence-electron chi connectivity index (χ0n) is 12.9. The number of nitro benzene ring substituents is 1. The first-order chi connectivity index (χ1) is 11.1. The van der Waals surface area contributed by atoms with Crippen LogP contribution in [-0.4, -0.2) is 39.6 Å². The van der Waals surface area contributed by atoms with Crippen molar-refractivity contribution in [2.24, 2.45) is 0 Å². The highest BCUT2D eigenvalue weighted by Gasteiger charge is 2.26. The van der Waals surface area contributed by atoms with Crippen LogP contribution in [0.2, 0.25) is 0 Å². The predicted molar refractivity (Wildman–Crippen MR) is 83.6 cm³/mol. The van der Waals surface area contributed by atoms with Crippen molar-refractivity contribution < 1.29 is 28.4 Å². The Morgan fingerprint density at radius 2 is 2.00 bits per heavy atom. The Morgan fingerprint density at radius 3 is 2.46 bits per heavy atom. The van der Waals surface area contributed by atoms with Crippen molar-refractivity contribution in [3.8, 4) is 0 Å². The molecule has 0 spiro atoms. The molecule has 0 saturated carbocycles. The Balaban J connectivity index is 3.15. The Labute approximate surface area is 140 Å². The SMILES string of the molecule is CC(C)Sc1ccc([N+](=O)[O-])cc1C(=O)NC(CC(F)F)C(=O)O. The average Bonchev–Trinajstić information content (AvgIpc) is 2.45. The van der Waals surface area contributed by atoms with Crippen molar-refractivity contribution in [1.29, 1.82) is 0 Å². The summed E-state index contributed by atoms with van der Waals surface area (Å²) in [4.78, 5) is 33.8. The van der Waals surface area contributed by atoms with Crippen LogP contribution in [0.15, 0.2) is 23.1 Å². The summed E-state index contributed by atoms with van der Waals surface area (Å²) >= 11 is 1.24. The molecule has 1 unspecified atom stereocenters. The zero-order valence-corrected chi connectivity index (χ0v) is 13.7. The molecule has 0 fully saturated rings. The van der Waals surface area contributed by atoms with Gasteiger partial charge in [-0.3, -0.25) is 14.9 Å². The summed E-state index contributed by atoms with van der Waals surface area (Å²) in [5.41, 5.74) is -0.475. The van der Waals surface area contributed by atoms with E-state index in [2.05, 4.69) is 0 Å². The third-order valence-corrected chi connectivity index (χ3v) is 3.88. The van der Waals surface area contributed by atoms with Gasteiger partial charge in [-0.05, 0) is 6.07 Å². The minimum absolute atomic E-state index is 0.0503. The molecule has 132 valence electrons. The first kappa shape index (κ1) is 19.8. The molecule has 1 atom stereocenters. The number of rotatable bonds is 8. The van der Waals surface area contributed by atoms with E-state index in [0.717, 1.165) is 6.07 Å². The third-order valence-electron chi connectivity index (χ3n) is 2.80. The smallest absolute Gasteiger partial charge is 0.326 e. The van der Waals surface area contributed by atoms with Gasteiger partial charge >= 0.3 is 5.97 Å². The Hall–Kier alpha value is -2.23. The summed E-state index contributed by atoms with van der Waals surface area (Å²) in [6.07, 6.45) is -3.97. The lowest BCUT2D eigenvalue weighted by molar-refractivity contribution is -0.384. The number of amides is 1. The van der Waals surface area contributed by atoms with Gasteiger partial charge in [0.1, 0.15) is 6.04 Å². The fourth-order valence-corrected chi connectivity index (χ4v) is 2.73. The van der Waals surface area contributed by atoms with Crippen molar-refractivity contribution in [3.05, 3.63) is 33.9 Å². The lowest BCUT2D eigenvalue weighted by Gasteiger charge is -2.16. The first-order valence-corrected chi connectivity index (χ1v) is 7.76. The molecule has 0 heterocycles. The van der Waals surface area contributed by atoms with Gasteiger partial charge in [0.25, 0.3) is 11.6 Å². The molecule has 1 aromatic rings. The maximum atomic E-state index is 12.4. The van der Waals surface area contributed by atoms with E-state index in [1.165, 1.54) is 23.9 Å². The van der Waals surface area contributed by atoms with Crippen molar-refractivity contribution in [2.45, 2.75) is 42.9 Å². The molecule has 7 nitrogen and oxygen atoms in total. The Morgan fingerprint density at radius 1 is 1.38 bits per heavy atom. The number of carbonyl (C=O) groups excluding carboxylic acids is 1. The van der Waals surface area contributed by atoms with E-state index in [1.54, 1.807) is 0 Å². The second kappa shape index (κ2) is 8.57. The number of halogens is 2. The van der Waals surface area contributed by atoms with E-state index in [1.807, 2.05) is 19.2 Å². The number of carboxylic acid groups (broad SMARTS) is 1. The van der Waals surface area contributed by atoms with E-state index in [-0.39, 0.29) is 16.5 Å². The number of alkyl halides is 2. The van der Waals surface area contributed by atoms with Crippen molar-refractivity contribution in [2.75, 3.05) is 0 Å². The Kier molecular flexibility index (Phi) is 7.08. The number of carboxylic acids is 1. The summed E-state index contributed by atoms with van der Waals surface area (Å²) in [5, 5.41) is 21.8. The van der Waals surface area contributed by atoms with Gasteiger partial charge in [0.15, 0.2) is 0 Å². The number of benzene rings is 1. The summed E-state index contributed by atoms with van der Waals surface area (Å²) < 4.78 is 24.8. The zero-order chi connectivity index (χ0) is 18.4. The van der Waals surface area contributed by atoms with Crippen molar-refractivity contribution in [3.63, 3.8) is 0 Å². The lowest BCUT2D eigenvalue weighted by Crippen LogP contribution is -2.42. The van der Waals surface area contributed by atoms with Crippen LogP contribution >= 0.6 is 11.8 Å². The topological polar surface area (TPSA) is 110 Å². The highest BCUT2D eigenvalue weighted by atomic mass is 32.2. The number of hydrogen-bond acceptors (Lipinski definition) is 5. The van der Waals surface area contributed by atoms with Crippen molar-refractivity contribution in [1.82, 2.24) is 5.32 Å². The third kappa shape index (κ3) is 5.76. The normalized spacial score (nSPS) is 12.2. The van der Waals surface area contributed by atoms with Crippen LogP contribution in [0.25, 0.3) is 0 Å². The van der Waals surface area contributed by atoms with Gasteiger partial charge < -0.3 is 10.4 Å². The van der Waals surface area contributed by atoms with E-state index < -0.39 is 35.7 Å². The molecule has 0 aliphatic rings. The maximum absolute atomic E-state index is 12.4. The first-order valence-electron chi connectivity index (χ1n) is 6.88. The molecule has 0 aliphatic carbocycles. The molecule has 0 saturated heterocycles. The minimum Gasteiger partial charge on any atom is -0.480 e. The minimum atomic E-state index is -2.92. The van der Waals surface area contributed by atoms with Crippen LogP contribution in [-0.2, 0) is 4.79 Å². The summed E-state index contributed by atoms with van der Waals surface area (Å²) in [5.74, 6) is -2.55. The lowest BCUT2D eigenvalue weighted by atomic mass is 10.1. The largest absolute Gasteiger partial charge is 0.480 e. The molecule has 0 bridgehead atoms. The maximum Gasteiger partial charge on any atom is 0.326 e. The number of aliphatic carboxylic acids is 1. The number of thioether (sulfide) groups is 1. The van der Waals surface area contributed by atoms with Crippen LogP contribution in [0.5, 0.6) is 0 Å². The van der Waals surface area contributed by atoms with Crippen LogP contribution < -0.4 is 5.32 Å². The molecule has 1 rings (SSSR count). The van der Waals surface area contributed by atoms with E-state index in [0.29, 0.717) is 4.90 Å². The van der Waals surface area contributed by atoms with Gasteiger partial charge in [-0.2, -0.15) is 0 Å². The number of hydrogen-bond donors (Lipinski definition) is 2. The number of nitrogens with zero attached hydrogens (tertiary/aromatic N) is 1. The second-order valence-electron chi connectivity index (χ2n) is 5.10. The summed E-state index contributed by atoms with van der Waals surface area (Å²) in [6.45, 7) is 3.68. The van der Waals surface area contributed by atoms with E-state index >= 15 is 0 Å². The molecule has 0 radical (unpaired) electrons.